The van der Waals surface area contributed by atoms with E-state index in [1.165, 1.54) is 11.8 Å². The van der Waals surface area contributed by atoms with Crippen LogP contribution in [0.25, 0.3) is 0 Å². The summed E-state index contributed by atoms with van der Waals surface area (Å²) in [5.41, 5.74) is 0.988. The van der Waals surface area contributed by atoms with E-state index in [0.29, 0.717) is 23.3 Å². The molecule has 0 saturated carbocycles. The summed E-state index contributed by atoms with van der Waals surface area (Å²) in [4.78, 5) is 12.2. The molecule has 2 aromatic heterocycles. The minimum Gasteiger partial charge on any atom is -0.467 e. The first kappa shape index (κ1) is 20.2. The third kappa shape index (κ3) is 5.02. The fourth-order valence-corrected chi connectivity index (χ4v) is 4.44. The molecule has 0 atom stereocenters. The van der Waals surface area contributed by atoms with Crippen molar-refractivity contribution in [1.82, 2.24) is 20.1 Å². The van der Waals surface area contributed by atoms with Crippen molar-refractivity contribution in [2.24, 2.45) is 7.05 Å². The van der Waals surface area contributed by atoms with Crippen LogP contribution in [0.1, 0.15) is 17.1 Å². The van der Waals surface area contributed by atoms with Gasteiger partial charge in [0.1, 0.15) is 17.3 Å². The lowest BCUT2D eigenvalue weighted by atomic mass is 10.2. The highest BCUT2D eigenvalue weighted by Gasteiger charge is 2.20. The summed E-state index contributed by atoms with van der Waals surface area (Å²) in [6, 6.07) is 10.2. The summed E-state index contributed by atoms with van der Waals surface area (Å²) in [7, 11) is -1.84. The van der Waals surface area contributed by atoms with Gasteiger partial charge in [0.05, 0.1) is 23.5 Å². The van der Waals surface area contributed by atoms with Crippen LogP contribution in [0, 0.1) is 6.92 Å². The zero-order chi connectivity index (χ0) is 20.1. The maximum absolute atomic E-state index is 12.6. The van der Waals surface area contributed by atoms with Crippen LogP contribution < -0.4 is 5.32 Å². The summed E-state index contributed by atoms with van der Waals surface area (Å²) in [6.45, 7) is 2.21. The van der Waals surface area contributed by atoms with Crippen LogP contribution in [-0.2, 0) is 34.0 Å². The van der Waals surface area contributed by atoms with Gasteiger partial charge in [-0.15, -0.1) is 10.2 Å². The molecule has 0 saturated heterocycles. The number of carbonyl (C=O) groups excluding carboxylic acids is 1. The van der Waals surface area contributed by atoms with Crippen molar-refractivity contribution < 1.29 is 17.6 Å². The van der Waals surface area contributed by atoms with Crippen LogP contribution in [0.4, 0.5) is 0 Å². The molecule has 28 heavy (non-hydrogen) atoms. The van der Waals surface area contributed by atoms with Crippen LogP contribution >= 0.6 is 11.8 Å². The number of thioether (sulfide) groups is 1. The Morgan fingerprint density at radius 2 is 1.96 bits per heavy atom. The summed E-state index contributed by atoms with van der Waals surface area (Å²) < 4.78 is 31.9. The van der Waals surface area contributed by atoms with E-state index in [1.807, 2.05) is 6.92 Å². The molecule has 10 heteroatoms. The smallest absolute Gasteiger partial charge is 0.230 e. The van der Waals surface area contributed by atoms with Gasteiger partial charge in [-0.2, -0.15) is 0 Å². The van der Waals surface area contributed by atoms with Gasteiger partial charge in [0, 0.05) is 7.05 Å². The number of furan rings is 1. The van der Waals surface area contributed by atoms with Gasteiger partial charge in [0.25, 0.3) is 0 Å². The van der Waals surface area contributed by atoms with E-state index >= 15 is 0 Å². The Bertz CT molecular complexity index is 1040. The van der Waals surface area contributed by atoms with E-state index in [1.54, 1.807) is 54.3 Å². The maximum atomic E-state index is 12.6. The first-order valence-corrected chi connectivity index (χ1v) is 11.1. The van der Waals surface area contributed by atoms with E-state index in [9.17, 15) is 13.2 Å². The van der Waals surface area contributed by atoms with Crippen LogP contribution in [-0.4, -0.2) is 34.8 Å². The molecule has 0 aliphatic heterocycles. The highest BCUT2D eigenvalue weighted by Crippen LogP contribution is 2.20. The Labute approximate surface area is 167 Å². The molecule has 1 aromatic carbocycles. The number of benzene rings is 1. The second-order valence-electron chi connectivity index (χ2n) is 6.17. The lowest BCUT2D eigenvalue weighted by Crippen LogP contribution is -2.24. The number of nitrogens with zero attached hydrogens (tertiary/aromatic N) is 3. The van der Waals surface area contributed by atoms with Gasteiger partial charge in [-0.25, -0.2) is 8.42 Å². The maximum Gasteiger partial charge on any atom is 0.230 e. The minimum absolute atomic E-state index is 0.136. The Kier molecular flexibility index (Phi) is 6.20. The van der Waals surface area contributed by atoms with E-state index in [2.05, 4.69) is 15.5 Å². The molecule has 0 fully saturated rings. The standard InChI is InChI=1S/C18H20N4O4S2/c1-13-5-7-15(8-6-13)28(24,25)12-16-20-21-18(22(16)2)27-11-17(23)19-10-14-4-3-9-26-14/h3-9H,10-12H2,1-2H3,(H,19,23). The van der Waals surface area contributed by atoms with Crippen molar-refractivity contribution in [3.8, 4) is 0 Å². The number of aryl methyl sites for hydroxylation is 1. The van der Waals surface area contributed by atoms with Gasteiger partial charge in [0.15, 0.2) is 15.0 Å². The largest absolute Gasteiger partial charge is 0.467 e. The molecule has 2 heterocycles. The quantitative estimate of drug-likeness (QED) is 0.556. The van der Waals surface area contributed by atoms with Gasteiger partial charge in [-0.1, -0.05) is 29.5 Å². The number of aromatic nitrogens is 3. The molecular weight excluding hydrogens is 400 g/mol. The third-order valence-electron chi connectivity index (χ3n) is 4.00. The van der Waals surface area contributed by atoms with Crippen molar-refractivity contribution in [3.05, 3.63) is 59.8 Å². The van der Waals surface area contributed by atoms with Crippen LogP contribution in [0.3, 0.4) is 0 Å². The number of sulfone groups is 1. The predicted octanol–water partition coefficient (Wildman–Crippen LogP) is 2.10. The molecule has 1 amide bonds. The van der Waals surface area contributed by atoms with Gasteiger partial charge in [0.2, 0.25) is 5.91 Å². The summed E-state index contributed by atoms with van der Waals surface area (Å²) >= 11 is 1.19. The average molecular weight is 421 g/mol. The Hall–Kier alpha value is -2.59. The second-order valence-corrected chi connectivity index (χ2v) is 9.11. The third-order valence-corrected chi connectivity index (χ3v) is 6.65. The lowest BCUT2D eigenvalue weighted by molar-refractivity contribution is -0.118. The zero-order valence-electron chi connectivity index (χ0n) is 15.5. The number of amides is 1. The number of hydrogen-bond donors (Lipinski definition) is 1. The summed E-state index contributed by atoms with van der Waals surface area (Å²) in [6.07, 6.45) is 1.54. The molecule has 148 valence electrons. The highest BCUT2D eigenvalue weighted by molar-refractivity contribution is 7.99. The van der Waals surface area contributed by atoms with Crippen molar-refractivity contribution in [1.29, 1.82) is 0 Å². The predicted molar refractivity (Wildman–Crippen MR) is 104 cm³/mol. The first-order valence-electron chi connectivity index (χ1n) is 8.45. The first-order chi connectivity index (χ1) is 13.3. The number of hydrogen-bond acceptors (Lipinski definition) is 7. The van der Waals surface area contributed by atoms with E-state index in [0.717, 1.165) is 5.56 Å². The SMILES string of the molecule is Cc1ccc(S(=O)(=O)Cc2nnc(SCC(=O)NCc3ccco3)n2C)cc1. The molecule has 1 N–H and O–H groups in total. The second kappa shape index (κ2) is 8.61. The summed E-state index contributed by atoms with van der Waals surface area (Å²) in [5, 5.41) is 11.2. The molecule has 0 unspecified atom stereocenters. The van der Waals surface area contributed by atoms with Crippen LogP contribution in [0.5, 0.6) is 0 Å². The monoisotopic (exact) mass is 420 g/mol. The average Bonchev–Trinajstić information content (AvgIpc) is 3.29. The molecule has 8 nitrogen and oxygen atoms in total. The molecule has 0 aliphatic rings. The fourth-order valence-electron chi connectivity index (χ4n) is 2.38. The van der Waals surface area contributed by atoms with Crippen molar-refractivity contribution in [2.75, 3.05) is 5.75 Å². The zero-order valence-corrected chi connectivity index (χ0v) is 17.1. The van der Waals surface area contributed by atoms with Gasteiger partial charge >= 0.3 is 0 Å². The van der Waals surface area contributed by atoms with Crippen molar-refractivity contribution in [3.63, 3.8) is 0 Å². The van der Waals surface area contributed by atoms with Crippen molar-refractivity contribution in [2.45, 2.75) is 29.3 Å². The molecule has 0 radical (unpaired) electrons. The summed E-state index contributed by atoms with van der Waals surface area (Å²) in [5.74, 6) is 0.681. The minimum atomic E-state index is -3.53. The molecular formula is C18H20N4O4S2. The highest BCUT2D eigenvalue weighted by atomic mass is 32.2. The van der Waals surface area contributed by atoms with E-state index < -0.39 is 9.84 Å². The number of nitrogens with one attached hydrogen (secondary N) is 1. The van der Waals surface area contributed by atoms with Gasteiger partial charge in [-0.3, -0.25) is 4.79 Å². The van der Waals surface area contributed by atoms with Gasteiger partial charge in [-0.05, 0) is 31.2 Å². The number of carbonyl (C=O) groups is 1. The van der Waals surface area contributed by atoms with Crippen LogP contribution in [0.15, 0.2) is 57.1 Å². The topological polar surface area (TPSA) is 107 Å². The Morgan fingerprint density at radius 3 is 2.64 bits per heavy atom. The Morgan fingerprint density at radius 1 is 1.21 bits per heavy atom. The molecule has 0 bridgehead atoms. The fraction of sp³-hybridized carbons (Fsp3) is 0.278. The molecule has 3 rings (SSSR count). The molecule has 3 aromatic rings. The van der Waals surface area contributed by atoms with Crippen molar-refractivity contribution >= 4 is 27.5 Å². The Balaban J connectivity index is 1.58. The van der Waals surface area contributed by atoms with Crippen LogP contribution in [0.2, 0.25) is 0 Å². The lowest BCUT2D eigenvalue weighted by Gasteiger charge is -2.06. The van der Waals surface area contributed by atoms with E-state index in [-0.39, 0.29) is 22.3 Å². The molecule has 0 aliphatic carbocycles. The number of rotatable bonds is 8. The van der Waals surface area contributed by atoms with Gasteiger partial charge < -0.3 is 14.3 Å². The van der Waals surface area contributed by atoms with E-state index in [4.69, 9.17) is 4.42 Å². The normalized spacial score (nSPS) is 11.5. The molecule has 0 spiro atoms.